The van der Waals surface area contributed by atoms with Crippen LogP contribution in [0, 0.1) is 0 Å². The van der Waals surface area contributed by atoms with E-state index in [1.807, 2.05) is 0 Å². The maximum Gasteiger partial charge on any atom is 0.0826 e. The number of nitrogens with one attached hydrogen (secondary N) is 2. The van der Waals surface area contributed by atoms with Gasteiger partial charge in [-0.15, -0.1) is 0 Å². The van der Waals surface area contributed by atoms with Crippen molar-refractivity contribution < 1.29 is 0 Å². The predicted molar refractivity (Wildman–Crippen MR) is 66.3 cm³/mol. The van der Waals surface area contributed by atoms with Crippen molar-refractivity contribution in [2.24, 2.45) is 10.7 Å². The van der Waals surface area contributed by atoms with Gasteiger partial charge >= 0.3 is 0 Å². The van der Waals surface area contributed by atoms with Crippen molar-refractivity contribution in [1.29, 1.82) is 0 Å². The van der Waals surface area contributed by atoms with Gasteiger partial charge in [0.05, 0.1) is 12.9 Å². The Labute approximate surface area is 94.2 Å². The SMILES string of the molecule is CCC(CCN)NC=NCCNI. The Kier molecular flexibility index (Phi) is 10.3. The maximum atomic E-state index is 5.46. The summed E-state index contributed by atoms with van der Waals surface area (Å²) in [5, 5.41) is 3.23. The third-order valence-electron chi connectivity index (χ3n) is 1.74. The summed E-state index contributed by atoms with van der Waals surface area (Å²) in [7, 11) is 0. The van der Waals surface area contributed by atoms with Crippen molar-refractivity contribution in [3.63, 3.8) is 0 Å². The lowest BCUT2D eigenvalue weighted by Gasteiger charge is -2.12. The van der Waals surface area contributed by atoms with Gasteiger partial charge in [-0.1, -0.05) is 6.92 Å². The average molecular weight is 298 g/mol. The van der Waals surface area contributed by atoms with Gasteiger partial charge in [-0.25, -0.2) is 0 Å². The molecular formula is C8H19IN4. The summed E-state index contributed by atoms with van der Waals surface area (Å²) in [6, 6.07) is 0.473. The fourth-order valence-electron chi connectivity index (χ4n) is 0.936. The quantitative estimate of drug-likeness (QED) is 0.203. The number of nitrogens with two attached hydrogens (primary N) is 1. The second-order valence-electron chi connectivity index (χ2n) is 2.77. The first-order valence-corrected chi connectivity index (χ1v) is 5.70. The largest absolute Gasteiger partial charge is 0.374 e. The number of aliphatic imine (C=N–C) groups is 1. The molecule has 0 bridgehead atoms. The zero-order valence-electron chi connectivity index (χ0n) is 8.09. The molecule has 0 heterocycles. The van der Waals surface area contributed by atoms with Crippen LogP contribution in [0.3, 0.4) is 0 Å². The van der Waals surface area contributed by atoms with Gasteiger partial charge in [0.2, 0.25) is 0 Å². The normalized spacial score (nSPS) is 13.5. The molecule has 78 valence electrons. The fourth-order valence-corrected chi connectivity index (χ4v) is 1.18. The van der Waals surface area contributed by atoms with E-state index >= 15 is 0 Å². The van der Waals surface area contributed by atoms with Crippen molar-refractivity contribution in [2.75, 3.05) is 19.6 Å². The molecule has 0 amide bonds. The van der Waals surface area contributed by atoms with E-state index in [4.69, 9.17) is 5.73 Å². The lowest BCUT2D eigenvalue weighted by atomic mass is 10.1. The lowest BCUT2D eigenvalue weighted by Crippen LogP contribution is -2.29. The molecule has 0 aliphatic heterocycles. The average Bonchev–Trinajstić information content (AvgIpc) is 2.16. The van der Waals surface area contributed by atoms with Crippen LogP contribution < -0.4 is 14.6 Å². The second kappa shape index (κ2) is 10.2. The van der Waals surface area contributed by atoms with Crippen molar-refractivity contribution in [2.45, 2.75) is 25.8 Å². The number of rotatable bonds is 8. The van der Waals surface area contributed by atoms with Gasteiger partial charge in [-0.05, 0) is 19.4 Å². The van der Waals surface area contributed by atoms with Gasteiger partial charge in [0, 0.05) is 35.5 Å². The minimum Gasteiger partial charge on any atom is -0.374 e. The Balaban J connectivity index is 3.40. The van der Waals surface area contributed by atoms with Crippen LogP contribution in [0.2, 0.25) is 0 Å². The van der Waals surface area contributed by atoms with Crippen LogP contribution >= 0.6 is 22.9 Å². The third-order valence-corrected chi connectivity index (χ3v) is 2.28. The molecule has 13 heavy (non-hydrogen) atoms. The summed E-state index contributed by atoms with van der Waals surface area (Å²) in [6.07, 6.45) is 3.89. The molecule has 5 heteroatoms. The molecule has 0 radical (unpaired) electrons. The molecule has 0 saturated heterocycles. The molecule has 0 aromatic heterocycles. The smallest absolute Gasteiger partial charge is 0.0826 e. The standard InChI is InChI=1S/C8H19IN4/c1-2-8(3-4-10)12-7-11-5-6-13-9/h7-8,13H,2-6,10H2,1H3,(H,11,12). The van der Waals surface area contributed by atoms with Crippen LogP contribution in [-0.2, 0) is 0 Å². The number of hydrogen-bond acceptors (Lipinski definition) is 3. The van der Waals surface area contributed by atoms with Crippen LogP contribution in [0.15, 0.2) is 4.99 Å². The summed E-state index contributed by atoms with van der Waals surface area (Å²) < 4.78 is 3.00. The van der Waals surface area contributed by atoms with Crippen LogP contribution in [0.1, 0.15) is 19.8 Å². The first kappa shape index (κ1) is 13.1. The third kappa shape index (κ3) is 8.45. The van der Waals surface area contributed by atoms with E-state index in [-0.39, 0.29) is 0 Å². The van der Waals surface area contributed by atoms with Crippen LogP contribution in [0.25, 0.3) is 0 Å². The van der Waals surface area contributed by atoms with Gasteiger partial charge in [-0.3, -0.25) is 8.52 Å². The number of nitrogens with zero attached hydrogens (tertiary/aromatic N) is 1. The summed E-state index contributed by atoms with van der Waals surface area (Å²) in [5.41, 5.74) is 5.46. The lowest BCUT2D eigenvalue weighted by molar-refractivity contribution is 0.555. The van der Waals surface area contributed by atoms with E-state index in [9.17, 15) is 0 Å². The predicted octanol–water partition coefficient (Wildman–Crippen LogP) is 0.671. The van der Waals surface area contributed by atoms with Crippen LogP contribution in [-0.4, -0.2) is 32.0 Å². The van der Waals surface area contributed by atoms with E-state index in [2.05, 4.69) is 43.6 Å². The van der Waals surface area contributed by atoms with Gasteiger partial charge in [0.1, 0.15) is 0 Å². The van der Waals surface area contributed by atoms with Crippen molar-refractivity contribution in [3.8, 4) is 0 Å². The van der Waals surface area contributed by atoms with Gasteiger partial charge in [-0.2, -0.15) is 0 Å². The minimum absolute atomic E-state index is 0.473. The molecule has 0 aliphatic carbocycles. The first-order chi connectivity index (χ1) is 6.35. The molecule has 4 N–H and O–H groups in total. The van der Waals surface area contributed by atoms with Crippen LogP contribution in [0.4, 0.5) is 0 Å². The maximum absolute atomic E-state index is 5.46. The molecule has 1 unspecified atom stereocenters. The Morgan fingerprint density at radius 3 is 2.92 bits per heavy atom. The zero-order chi connectivity index (χ0) is 9.94. The molecule has 0 aromatic carbocycles. The van der Waals surface area contributed by atoms with E-state index in [1.54, 1.807) is 6.34 Å². The number of hydrogen-bond donors (Lipinski definition) is 3. The summed E-state index contributed by atoms with van der Waals surface area (Å²) in [6.45, 7) is 4.60. The monoisotopic (exact) mass is 298 g/mol. The fraction of sp³-hybridized carbons (Fsp3) is 0.875. The molecular weight excluding hydrogens is 279 g/mol. The van der Waals surface area contributed by atoms with Gasteiger partial charge < -0.3 is 11.1 Å². The van der Waals surface area contributed by atoms with E-state index in [0.717, 1.165) is 32.5 Å². The first-order valence-electron chi connectivity index (χ1n) is 4.63. The number of halogens is 1. The topological polar surface area (TPSA) is 62.4 Å². The Morgan fingerprint density at radius 2 is 2.38 bits per heavy atom. The second-order valence-corrected chi connectivity index (χ2v) is 3.53. The Hall–Kier alpha value is 0.120. The van der Waals surface area contributed by atoms with Gasteiger partial charge in [0.15, 0.2) is 0 Å². The highest BCUT2D eigenvalue weighted by Gasteiger charge is 1.99. The summed E-state index contributed by atoms with van der Waals surface area (Å²) in [5.74, 6) is 0. The highest BCUT2D eigenvalue weighted by Crippen LogP contribution is 1.93. The van der Waals surface area contributed by atoms with Crippen molar-refractivity contribution in [3.05, 3.63) is 0 Å². The van der Waals surface area contributed by atoms with Crippen molar-refractivity contribution >= 4 is 29.2 Å². The highest BCUT2D eigenvalue weighted by atomic mass is 127. The Morgan fingerprint density at radius 1 is 1.62 bits per heavy atom. The molecule has 0 spiro atoms. The molecule has 0 saturated carbocycles. The Bertz CT molecular complexity index is 129. The molecule has 0 fully saturated rings. The van der Waals surface area contributed by atoms with Crippen LogP contribution in [0.5, 0.6) is 0 Å². The van der Waals surface area contributed by atoms with Gasteiger partial charge in [0.25, 0.3) is 0 Å². The van der Waals surface area contributed by atoms with E-state index < -0.39 is 0 Å². The molecule has 0 aliphatic rings. The molecule has 0 rings (SSSR count). The zero-order valence-corrected chi connectivity index (χ0v) is 10.3. The van der Waals surface area contributed by atoms with E-state index in [0.29, 0.717) is 6.04 Å². The molecule has 4 nitrogen and oxygen atoms in total. The summed E-state index contributed by atoms with van der Waals surface area (Å²) >= 11 is 2.11. The minimum atomic E-state index is 0.473. The van der Waals surface area contributed by atoms with Crippen molar-refractivity contribution in [1.82, 2.24) is 8.85 Å². The molecule has 0 aromatic rings. The molecule has 1 atom stereocenters. The highest BCUT2D eigenvalue weighted by molar-refractivity contribution is 14.1. The van der Waals surface area contributed by atoms with E-state index in [1.165, 1.54) is 0 Å². The summed E-state index contributed by atoms with van der Waals surface area (Å²) in [4.78, 5) is 4.19.